The maximum absolute atomic E-state index is 13.7. The predicted octanol–water partition coefficient (Wildman–Crippen LogP) is 2.43. The van der Waals surface area contributed by atoms with Gasteiger partial charge in [0.1, 0.15) is 5.82 Å². The molecule has 0 aliphatic rings. The van der Waals surface area contributed by atoms with Crippen molar-refractivity contribution in [1.29, 1.82) is 0 Å². The van der Waals surface area contributed by atoms with E-state index in [9.17, 15) is 4.39 Å². The third-order valence-electron chi connectivity index (χ3n) is 2.45. The monoisotopic (exact) mass is 251 g/mol. The SMILES string of the molecule is NNC(c1cccnc1)c1cc(Cl)ccc1F. The van der Waals surface area contributed by atoms with Crippen LogP contribution in [-0.4, -0.2) is 4.98 Å². The number of pyridine rings is 1. The van der Waals surface area contributed by atoms with E-state index in [0.29, 0.717) is 10.6 Å². The van der Waals surface area contributed by atoms with Gasteiger partial charge in [-0.15, -0.1) is 0 Å². The van der Waals surface area contributed by atoms with Gasteiger partial charge in [-0.3, -0.25) is 10.8 Å². The first-order valence-electron chi connectivity index (χ1n) is 5.03. The van der Waals surface area contributed by atoms with Crippen molar-refractivity contribution in [3.8, 4) is 0 Å². The Labute approximate surface area is 103 Å². The fraction of sp³-hybridized carbons (Fsp3) is 0.0833. The maximum atomic E-state index is 13.7. The van der Waals surface area contributed by atoms with Crippen LogP contribution in [0.2, 0.25) is 5.02 Å². The Bertz CT molecular complexity index is 504. The molecule has 1 aromatic heterocycles. The van der Waals surface area contributed by atoms with Crippen LogP contribution in [-0.2, 0) is 0 Å². The van der Waals surface area contributed by atoms with Crippen LogP contribution in [0, 0.1) is 5.82 Å². The molecular formula is C12H11ClFN3. The summed E-state index contributed by atoms with van der Waals surface area (Å²) in [5.41, 5.74) is 3.73. The lowest BCUT2D eigenvalue weighted by molar-refractivity contribution is 0.559. The third kappa shape index (κ3) is 2.61. The molecule has 0 bridgehead atoms. The summed E-state index contributed by atoms with van der Waals surface area (Å²) in [6.07, 6.45) is 3.27. The molecule has 1 heterocycles. The van der Waals surface area contributed by atoms with E-state index in [1.807, 2.05) is 6.07 Å². The number of aromatic nitrogens is 1. The third-order valence-corrected chi connectivity index (χ3v) is 2.69. The van der Waals surface area contributed by atoms with Gasteiger partial charge in [0.2, 0.25) is 0 Å². The molecule has 0 fully saturated rings. The van der Waals surface area contributed by atoms with E-state index >= 15 is 0 Å². The second kappa shape index (κ2) is 5.23. The van der Waals surface area contributed by atoms with E-state index in [0.717, 1.165) is 5.56 Å². The smallest absolute Gasteiger partial charge is 0.128 e. The zero-order chi connectivity index (χ0) is 12.3. The molecule has 0 spiro atoms. The molecule has 0 aliphatic heterocycles. The lowest BCUT2D eigenvalue weighted by atomic mass is 10.0. The summed E-state index contributed by atoms with van der Waals surface area (Å²) in [6, 6.07) is 7.48. The van der Waals surface area contributed by atoms with Crippen molar-refractivity contribution >= 4 is 11.6 Å². The minimum atomic E-state index is -0.470. The summed E-state index contributed by atoms with van der Waals surface area (Å²) < 4.78 is 13.7. The number of hydrogen-bond donors (Lipinski definition) is 2. The van der Waals surface area contributed by atoms with Crippen molar-refractivity contribution < 1.29 is 4.39 Å². The van der Waals surface area contributed by atoms with E-state index < -0.39 is 6.04 Å². The van der Waals surface area contributed by atoms with Crippen LogP contribution < -0.4 is 11.3 Å². The molecule has 0 aliphatic carbocycles. The molecule has 0 saturated heterocycles. The molecule has 0 saturated carbocycles. The number of hydrogen-bond acceptors (Lipinski definition) is 3. The number of hydrazine groups is 1. The van der Waals surface area contributed by atoms with Gasteiger partial charge < -0.3 is 0 Å². The van der Waals surface area contributed by atoms with E-state index in [1.165, 1.54) is 12.1 Å². The van der Waals surface area contributed by atoms with Gasteiger partial charge in [-0.05, 0) is 29.8 Å². The zero-order valence-corrected chi connectivity index (χ0v) is 9.66. The van der Waals surface area contributed by atoms with Gasteiger partial charge in [0.15, 0.2) is 0 Å². The Balaban J connectivity index is 2.46. The topological polar surface area (TPSA) is 50.9 Å². The van der Waals surface area contributed by atoms with Crippen molar-refractivity contribution in [2.24, 2.45) is 5.84 Å². The standard InChI is InChI=1S/C12H11ClFN3/c13-9-3-4-11(14)10(6-9)12(17-15)8-2-1-5-16-7-8/h1-7,12,17H,15H2. The van der Waals surface area contributed by atoms with Crippen LogP contribution in [0.3, 0.4) is 0 Å². The van der Waals surface area contributed by atoms with Gasteiger partial charge in [-0.1, -0.05) is 17.7 Å². The first-order chi connectivity index (χ1) is 8.22. The molecule has 3 nitrogen and oxygen atoms in total. The first-order valence-corrected chi connectivity index (χ1v) is 5.41. The summed E-state index contributed by atoms with van der Waals surface area (Å²) in [4.78, 5) is 3.98. The van der Waals surface area contributed by atoms with E-state index in [1.54, 1.807) is 24.5 Å². The quantitative estimate of drug-likeness (QED) is 0.651. The van der Waals surface area contributed by atoms with Crippen LogP contribution in [0.5, 0.6) is 0 Å². The van der Waals surface area contributed by atoms with E-state index in [4.69, 9.17) is 17.4 Å². The molecule has 17 heavy (non-hydrogen) atoms. The normalized spacial score (nSPS) is 12.4. The van der Waals surface area contributed by atoms with Gasteiger partial charge >= 0.3 is 0 Å². The summed E-state index contributed by atoms with van der Waals surface area (Å²) in [7, 11) is 0. The Hall–Kier alpha value is -1.49. The van der Waals surface area contributed by atoms with E-state index in [2.05, 4.69) is 10.4 Å². The van der Waals surface area contributed by atoms with Gasteiger partial charge in [-0.25, -0.2) is 9.82 Å². The highest BCUT2D eigenvalue weighted by molar-refractivity contribution is 6.30. The second-order valence-electron chi connectivity index (χ2n) is 3.55. The van der Waals surface area contributed by atoms with Crippen molar-refractivity contribution in [3.05, 3.63) is 64.7 Å². The Morgan fingerprint density at radius 2 is 2.18 bits per heavy atom. The minimum Gasteiger partial charge on any atom is -0.271 e. The Morgan fingerprint density at radius 1 is 1.35 bits per heavy atom. The molecule has 0 amide bonds. The Morgan fingerprint density at radius 3 is 2.82 bits per heavy atom. The van der Waals surface area contributed by atoms with Crippen LogP contribution in [0.4, 0.5) is 4.39 Å². The Kier molecular flexibility index (Phi) is 3.68. The fourth-order valence-corrected chi connectivity index (χ4v) is 1.83. The molecule has 2 rings (SSSR count). The molecule has 1 aromatic carbocycles. The molecule has 0 radical (unpaired) electrons. The van der Waals surface area contributed by atoms with Crippen molar-refractivity contribution in [2.75, 3.05) is 0 Å². The summed E-state index contributed by atoms with van der Waals surface area (Å²) >= 11 is 5.85. The molecule has 1 unspecified atom stereocenters. The number of nitrogens with zero attached hydrogens (tertiary/aromatic N) is 1. The zero-order valence-electron chi connectivity index (χ0n) is 8.90. The highest BCUT2D eigenvalue weighted by Crippen LogP contribution is 2.25. The van der Waals surface area contributed by atoms with Gasteiger partial charge in [0, 0.05) is 23.0 Å². The minimum absolute atomic E-state index is 0.360. The van der Waals surface area contributed by atoms with Gasteiger partial charge in [0.05, 0.1) is 6.04 Å². The van der Waals surface area contributed by atoms with Gasteiger partial charge in [-0.2, -0.15) is 0 Å². The van der Waals surface area contributed by atoms with E-state index in [-0.39, 0.29) is 5.82 Å². The molecular weight excluding hydrogens is 241 g/mol. The molecule has 5 heteroatoms. The lowest BCUT2D eigenvalue weighted by Gasteiger charge is -2.17. The summed E-state index contributed by atoms with van der Waals surface area (Å²) in [6.45, 7) is 0. The van der Waals surface area contributed by atoms with Crippen molar-refractivity contribution in [1.82, 2.24) is 10.4 Å². The number of halogens is 2. The molecule has 2 aromatic rings. The summed E-state index contributed by atoms with van der Waals surface area (Å²) in [5.74, 6) is 5.11. The van der Waals surface area contributed by atoms with Crippen LogP contribution in [0.1, 0.15) is 17.2 Å². The number of nitrogens with two attached hydrogens (primary N) is 1. The fourth-order valence-electron chi connectivity index (χ4n) is 1.65. The van der Waals surface area contributed by atoms with Crippen LogP contribution in [0.15, 0.2) is 42.7 Å². The average Bonchev–Trinajstić information content (AvgIpc) is 2.36. The van der Waals surface area contributed by atoms with Crippen molar-refractivity contribution in [2.45, 2.75) is 6.04 Å². The molecule has 1 atom stereocenters. The average molecular weight is 252 g/mol. The largest absolute Gasteiger partial charge is 0.271 e. The summed E-state index contributed by atoms with van der Waals surface area (Å²) in [5, 5.41) is 0.463. The second-order valence-corrected chi connectivity index (χ2v) is 3.99. The molecule has 3 N–H and O–H groups in total. The highest BCUT2D eigenvalue weighted by atomic mass is 35.5. The number of rotatable bonds is 3. The number of nitrogens with one attached hydrogen (secondary N) is 1. The predicted molar refractivity (Wildman–Crippen MR) is 64.8 cm³/mol. The highest BCUT2D eigenvalue weighted by Gasteiger charge is 2.16. The van der Waals surface area contributed by atoms with Crippen LogP contribution >= 0.6 is 11.6 Å². The molecule has 88 valence electrons. The number of benzene rings is 1. The van der Waals surface area contributed by atoms with Crippen molar-refractivity contribution in [3.63, 3.8) is 0 Å². The van der Waals surface area contributed by atoms with Gasteiger partial charge in [0.25, 0.3) is 0 Å². The maximum Gasteiger partial charge on any atom is 0.128 e. The lowest BCUT2D eigenvalue weighted by Crippen LogP contribution is -2.29. The first kappa shape index (κ1) is 12.0. The van der Waals surface area contributed by atoms with Crippen LogP contribution in [0.25, 0.3) is 0 Å².